The number of ether oxygens (including phenoxy) is 1. The van der Waals surface area contributed by atoms with Crippen LogP contribution in [-0.2, 0) is 9.59 Å². The molecule has 0 radical (unpaired) electrons. The molecule has 2 aliphatic rings. The summed E-state index contributed by atoms with van der Waals surface area (Å²) >= 11 is 0. The molecule has 2 unspecified atom stereocenters. The number of piperidine rings is 1. The van der Waals surface area contributed by atoms with Crippen molar-refractivity contribution in [3.05, 3.63) is 59.7 Å². The molecule has 1 saturated heterocycles. The van der Waals surface area contributed by atoms with Gasteiger partial charge in [-0.05, 0) is 49.9 Å². The highest BCUT2D eigenvalue weighted by Gasteiger charge is 2.41. The van der Waals surface area contributed by atoms with Crippen LogP contribution in [0.5, 0.6) is 5.75 Å². The second-order valence-corrected chi connectivity index (χ2v) is 9.09. The third-order valence-electron chi connectivity index (χ3n) is 6.56. The number of unbranched alkanes of at least 4 members (excludes halogenated alkanes) is 1. The Bertz CT molecular complexity index is 1050. The van der Waals surface area contributed by atoms with E-state index in [0.717, 1.165) is 31.2 Å². The van der Waals surface area contributed by atoms with E-state index in [1.807, 2.05) is 29.2 Å². The maximum atomic E-state index is 13.6. The van der Waals surface area contributed by atoms with Gasteiger partial charge in [0.05, 0.1) is 19.1 Å². The number of carbonyl (C=O) groups is 3. The summed E-state index contributed by atoms with van der Waals surface area (Å²) in [6.45, 7) is 2.68. The highest BCUT2D eigenvalue weighted by molar-refractivity contribution is 5.98. The Kier molecular flexibility index (Phi) is 7.50. The summed E-state index contributed by atoms with van der Waals surface area (Å²) in [5.74, 6) is 0.00588. The van der Waals surface area contributed by atoms with Crippen LogP contribution >= 0.6 is 0 Å². The highest BCUT2D eigenvalue weighted by Crippen LogP contribution is 2.41. The van der Waals surface area contributed by atoms with Gasteiger partial charge in [0.2, 0.25) is 11.8 Å². The molecule has 3 amide bonds. The predicted octanol–water partition coefficient (Wildman–Crippen LogP) is 4.31. The van der Waals surface area contributed by atoms with E-state index in [-0.39, 0.29) is 23.8 Å². The Balaban J connectivity index is 1.59. The largest absolute Gasteiger partial charge is 0.496 e. The lowest BCUT2D eigenvalue weighted by Crippen LogP contribution is -2.47. The summed E-state index contributed by atoms with van der Waals surface area (Å²) in [6.07, 6.45) is 4.64. The summed E-state index contributed by atoms with van der Waals surface area (Å²) in [7, 11) is 1.60. The first-order valence-corrected chi connectivity index (χ1v) is 12.2. The van der Waals surface area contributed by atoms with Gasteiger partial charge in [-0.15, -0.1) is 0 Å². The van der Waals surface area contributed by atoms with Gasteiger partial charge in [-0.2, -0.15) is 0 Å². The first-order valence-electron chi connectivity index (χ1n) is 12.2. The van der Waals surface area contributed by atoms with Gasteiger partial charge in [0.15, 0.2) is 0 Å². The van der Waals surface area contributed by atoms with Crippen LogP contribution in [0, 0.1) is 5.92 Å². The van der Waals surface area contributed by atoms with Crippen LogP contribution in [0.25, 0.3) is 0 Å². The second kappa shape index (κ2) is 10.7. The monoisotopic (exact) mass is 463 g/mol. The van der Waals surface area contributed by atoms with E-state index in [9.17, 15) is 14.4 Å². The van der Waals surface area contributed by atoms with E-state index >= 15 is 0 Å². The molecule has 34 heavy (non-hydrogen) atoms. The Labute approximate surface area is 200 Å². The molecule has 0 aromatic heterocycles. The maximum Gasteiger partial charge on any atom is 0.251 e. The molecule has 2 atom stereocenters. The van der Waals surface area contributed by atoms with Crippen molar-refractivity contribution < 1.29 is 19.1 Å². The van der Waals surface area contributed by atoms with Crippen LogP contribution in [0.1, 0.15) is 67.4 Å². The molecule has 2 N–H and O–H groups in total. The van der Waals surface area contributed by atoms with Gasteiger partial charge >= 0.3 is 0 Å². The lowest BCUT2D eigenvalue weighted by Gasteiger charge is -2.41. The number of anilines is 1. The number of nitrogens with one attached hydrogen (secondary N) is 2. The molecule has 2 fully saturated rings. The molecule has 4 rings (SSSR count). The van der Waals surface area contributed by atoms with E-state index in [4.69, 9.17) is 4.74 Å². The smallest absolute Gasteiger partial charge is 0.251 e. The van der Waals surface area contributed by atoms with E-state index < -0.39 is 12.0 Å². The highest BCUT2D eigenvalue weighted by atomic mass is 16.5. The fourth-order valence-electron chi connectivity index (χ4n) is 4.58. The first-order chi connectivity index (χ1) is 16.5. The van der Waals surface area contributed by atoms with Crippen LogP contribution in [0.2, 0.25) is 0 Å². The zero-order chi connectivity index (χ0) is 24.1. The number of hydrogen-bond donors (Lipinski definition) is 2. The zero-order valence-electron chi connectivity index (χ0n) is 19.9. The Morgan fingerprint density at radius 2 is 1.88 bits per heavy atom. The quantitative estimate of drug-likeness (QED) is 0.580. The van der Waals surface area contributed by atoms with E-state index in [0.29, 0.717) is 36.4 Å². The molecule has 1 saturated carbocycles. The summed E-state index contributed by atoms with van der Waals surface area (Å²) in [5, 5.41) is 5.98. The number of para-hydroxylation sites is 1. The minimum absolute atomic E-state index is 0.0622. The number of hydrogen-bond acceptors (Lipinski definition) is 4. The van der Waals surface area contributed by atoms with Crippen molar-refractivity contribution in [2.45, 2.75) is 57.5 Å². The number of likely N-dealkylation sites (tertiary alicyclic amines) is 1. The standard InChI is InChI=1S/C27H33N3O4/c1-3-4-16-30-24(31)15-14-22(25(30)21-10-5-6-11-23(21)34-2)27(33)29-20-9-7-8-18(17-20)26(32)28-19-12-13-19/h5-11,17,19,22,25H,3-4,12-16H2,1-2H3,(H,28,32)(H,29,33). The lowest BCUT2D eigenvalue weighted by molar-refractivity contribution is -0.142. The molecule has 1 heterocycles. The molecule has 0 bridgehead atoms. The lowest BCUT2D eigenvalue weighted by atomic mass is 9.83. The van der Waals surface area contributed by atoms with Crippen LogP contribution in [0.3, 0.4) is 0 Å². The molecule has 1 aliphatic heterocycles. The van der Waals surface area contributed by atoms with E-state index in [2.05, 4.69) is 17.6 Å². The van der Waals surface area contributed by atoms with Crippen molar-refractivity contribution in [3.8, 4) is 5.75 Å². The van der Waals surface area contributed by atoms with Crippen molar-refractivity contribution in [2.24, 2.45) is 5.92 Å². The van der Waals surface area contributed by atoms with Crippen LogP contribution in [0.4, 0.5) is 5.69 Å². The molecule has 7 nitrogen and oxygen atoms in total. The van der Waals surface area contributed by atoms with Gasteiger partial charge in [0.1, 0.15) is 5.75 Å². The van der Waals surface area contributed by atoms with E-state index in [1.165, 1.54) is 0 Å². The maximum absolute atomic E-state index is 13.6. The number of carbonyl (C=O) groups excluding carboxylic acids is 3. The van der Waals surface area contributed by atoms with Crippen molar-refractivity contribution in [1.29, 1.82) is 0 Å². The summed E-state index contributed by atoms with van der Waals surface area (Å²) < 4.78 is 5.60. The second-order valence-electron chi connectivity index (χ2n) is 9.09. The van der Waals surface area contributed by atoms with Crippen molar-refractivity contribution >= 4 is 23.4 Å². The molecule has 2 aromatic carbocycles. The van der Waals surface area contributed by atoms with Crippen LogP contribution in [-0.4, -0.2) is 42.3 Å². The number of methoxy groups -OCH3 is 1. The molecule has 180 valence electrons. The molecule has 7 heteroatoms. The average molecular weight is 464 g/mol. The molecule has 0 spiro atoms. The van der Waals surface area contributed by atoms with Gasteiger partial charge in [0.25, 0.3) is 5.91 Å². The van der Waals surface area contributed by atoms with Gasteiger partial charge in [-0.25, -0.2) is 0 Å². The number of rotatable bonds is 9. The van der Waals surface area contributed by atoms with Crippen molar-refractivity contribution in [2.75, 3.05) is 19.0 Å². The van der Waals surface area contributed by atoms with Crippen LogP contribution < -0.4 is 15.4 Å². The average Bonchev–Trinajstić information content (AvgIpc) is 3.67. The van der Waals surface area contributed by atoms with Gasteiger partial charge < -0.3 is 20.3 Å². The predicted molar refractivity (Wildman–Crippen MR) is 131 cm³/mol. The van der Waals surface area contributed by atoms with Gasteiger partial charge in [-0.3, -0.25) is 14.4 Å². The van der Waals surface area contributed by atoms with Crippen LogP contribution in [0.15, 0.2) is 48.5 Å². The fraction of sp³-hybridized carbons (Fsp3) is 0.444. The third kappa shape index (κ3) is 5.41. The topological polar surface area (TPSA) is 87.7 Å². The zero-order valence-corrected chi connectivity index (χ0v) is 19.9. The molecular formula is C27H33N3O4. The van der Waals surface area contributed by atoms with E-state index in [1.54, 1.807) is 31.4 Å². The number of benzene rings is 2. The fourth-order valence-corrected chi connectivity index (χ4v) is 4.58. The van der Waals surface area contributed by atoms with Crippen molar-refractivity contribution in [1.82, 2.24) is 10.2 Å². The Morgan fingerprint density at radius 1 is 1.09 bits per heavy atom. The van der Waals surface area contributed by atoms with Gasteiger partial charge in [0, 0.05) is 35.8 Å². The number of amides is 3. The number of nitrogens with zero attached hydrogens (tertiary/aromatic N) is 1. The minimum Gasteiger partial charge on any atom is -0.496 e. The Hall–Kier alpha value is -3.35. The summed E-state index contributed by atoms with van der Waals surface area (Å²) in [5.41, 5.74) is 1.94. The SMILES string of the molecule is CCCCN1C(=O)CCC(C(=O)Nc2cccc(C(=O)NC3CC3)c2)C1c1ccccc1OC. The van der Waals surface area contributed by atoms with Crippen molar-refractivity contribution in [3.63, 3.8) is 0 Å². The molecule has 1 aliphatic carbocycles. The summed E-state index contributed by atoms with van der Waals surface area (Å²) in [6, 6.07) is 14.5. The molecular weight excluding hydrogens is 430 g/mol. The molecule has 2 aromatic rings. The van der Waals surface area contributed by atoms with Gasteiger partial charge in [-0.1, -0.05) is 37.6 Å². The first kappa shape index (κ1) is 23.8. The normalized spacial score (nSPS) is 20.1. The third-order valence-corrected chi connectivity index (χ3v) is 6.56. The summed E-state index contributed by atoms with van der Waals surface area (Å²) in [4.78, 5) is 40.8. The minimum atomic E-state index is -0.435. The Morgan fingerprint density at radius 3 is 2.62 bits per heavy atom.